The summed E-state index contributed by atoms with van der Waals surface area (Å²) in [6.07, 6.45) is -2.71. The number of carbonyl (C=O) groups excluding carboxylic acids is 1. The summed E-state index contributed by atoms with van der Waals surface area (Å²) in [6.45, 7) is 8.60. The average Bonchev–Trinajstić information content (AvgIpc) is 3.29. The minimum Gasteiger partial charge on any atom is -0.445 e. The van der Waals surface area contributed by atoms with Crippen LogP contribution >= 0.6 is 15.9 Å². The van der Waals surface area contributed by atoms with Crippen molar-refractivity contribution in [3.05, 3.63) is 82.1 Å². The lowest BCUT2D eigenvalue weighted by Gasteiger charge is -2.35. The molecular formula is C35H40BrF3N4O3. The van der Waals surface area contributed by atoms with E-state index in [1.54, 1.807) is 23.2 Å². The first-order chi connectivity index (χ1) is 21.8. The van der Waals surface area contributed by atoms with Crippen LogP contribution in [0.4, 0.5) is 23.7 Å². The second kappa shape index (κ2) is 13.7. The second-order valence-electron chi connectivity index (χ2n) is 13.0. The maximum atomic E-state index is 14.2. The number of aliphatic hydroxyl groups excluding tert-OH is 1. The number of rotatable bonds is 9. The molecule has 4 aromatic rings. The van der Waals surface area contributed by atoms with Crippen LogP contribution in [0.2, 0.25) is 0 Å². The second-order valence-corrected chi connectivity index (χ2v) is 13.9. The first kappa shape index (κ1) is 33.8. The Morgan fingerprint density at radius 3 is 2.37 bits per heavy atom. The zero-order valence-electron chi connectivity index (χ0n) is 26.6. The molecule has 1 N–H and O–H groups in total. The van der Waals surface area contributed by atoms with Crippen LogP contribution in [0, 0.1) is 5.41 Å². The minimum atomic E-state index is -4.47. The van der Waals surface area contributed by atoms with Gasteiger partial charge < -0.3 is 24.2 Å². The number of aromatic nitrogens is 2. The Bertz CT molecular complexity index is 1680. The van der Waals surface area contributed by atoms with Gasteiger partial charge in [0.2, 0.25) is 0 Å². The van der Waals surface area contributed by atoms with Crippen LogP contribution in [-0.4, -0.2) is 64.6 Å². The van der Waals surface area contributed by atoms with Gasteiger partial charge in [0.15, 0.2) is 0 Å². The van der Waals surface area contributed by atoms with E-state index in [2.05, 4.69) is 20.8 Å². The summed E-state index contributed by atoms with van der Waals surface area (Å²) in [5.74, 6) is -0.0666. The van der Waals surface area contributed by atoms with E-state index in [0.717, 1.165) is 21.3 Å². The Hall–Kier alpha value is -3.57. The lowest BCUT2D eigenvalue weighted by molar-refractivity contribution is -0.139. The van der Waals surface area contributed by atoms with Crippen molar-refractivity contribution in [2.45, 2.75) is 59.4 Å². The highest BCUT2D eigenvalue weighted by molar-refractivity contribution is 9.10. The molecule has 0 saturated carbocycles. The molecule has 0 atom stereocenters. The Labute approximate surface area is 276 Å². The maximum Gasteiger partial charge on any atom is 0.410 e. The quantitative estimate of drug-likeness (QED) is 0.191. The van der Waals surface area contributed by atoms with Crippen LogP contribution in [0.3, 0.4) is 0 Å². The van der Waals surface area contributed by atoms with Crippen molar-refractivity contribution in [2.24, 2.45) is 5.41 Å². The van der Waals surface area contributed by atoms with Crippen molar-refractivity contribution in [3.8, 4) is 11.3 Å². The Balaban J connectivity index is 1.52. The molecule has 0 aliphatic carbocycles. The van der Waals surface area contributed by atoms with Crippen LogP contribution in [0.5, 0.6) is 0 Å². The highest BCUT2D eigenvalue weighted by Crippen LogP contribution is 2.43. The van der Waals surface area contributed by atoms with Crippen molar-refractivity contribution in [3.63, 3.8) is 0 Å². The van der Waals surface area contributed by atoms with Gasteiger partial charge in [-0.05, 0) is 53.1 Å². The molecule has 0 radical (unpaired) electrons. The van der Waals surface area contributed by atoms with E-state index in [4.69, 9.17) is 9.72 Å². The first-order valence-corrected chi connectivity index (χ1v) is 16.2. The third kappa shape index (κ3) is 7.69. The standard InChI is InChI=1S/C35H40BrF3N4O3/c1-23(2)31-28(17-26(19-40-31)41-12-14-42(15-13-41)33(45)46-20-24-8-6-5-7-9-24)32-29(18-34(3,4)22-44)27-16-25(36)10-11-30(27)43(32)21-35(37,38)39/h5-11,16-17,19,23,44H,12-15,18,20-22H2,1-4H3. The molecule has 1 fully saturated rings. The number of alkyl halides is 3. The van der Waals surface area contributed by atoms with Crippen molar-refractivity contribution in [2.75, 3.05) is 37.7 Å². The number of pyridine rings is 1. The van der Waals surface area contributed by atoms with E-state index in [1.165, 1.54) is 4.57 Å². The number of hydrogen-bond acceptors (Lipinski definition) is 5. The fraction of sp³-hybridized carbons (Fsp3) is 0.429. The molecular weight excluding hydrogens is 661 g/mol. The number of nitrogens with zero attached hydrogens (tertiary/aromatic N) is 4. The average molecular weight is 702 g/mol. The van der Waals surface area contributed by atoms with Crippen LogP contribution in [-0.2, 0) is 24.3 Å². The van der Waals surface area contributed by atoms with Crippen molar-refractivity contribution >= 4 is 38.6 Å². The van der Waals surface area contributed by atoms with E-state index >= 15 is 0 Å². The predicted molar refractivity (Wildman–Crippen MR) is 178 cm³/mol. The highest BCUT2D eigenvalue weighted by atomic mass is 79.9. The molecule has 7 nitrogen and oxygen atoms in total. The number of aliphatic hydroxyl groups is 1. The van der Waals surface area contributed by atoms with E-state index in [9.17, 15) is 23.1 Å². The fourth-order valence-corrected chi connectivity index (χ4v) is 6.37. The number of benzene rings is 2. The van der Waals surface area contributed by atoms with E-state index < -0.39 is 18.1 Å². The third-order valence-electron chi connectivity index (χ3n) is 8.37. The highest BCUT2D eigenvalue weighted by Gasteiger charge is 2.34. The number of amides is 1. The topological polar surface area (TPSA) is 70.8 Å². The summed E-state index contributed by atoms with van der Waals surface area (Å²) < 4.78 is 50.2. The van der Waals surface area contributed by atoms with Gasteiger partial charge in [0.1, 0.15) is 13.2 Å². The lowest BCUT2D eigenvalue weighted by atomic mass is 9.84. The van der Waals surface area contributed by atoms with Gasteiger partial charge in [-0.3, -0.25) is 4.98 Å². The van der Waals surface area contributed by atoms with Crippen molar-refractivity contribution in [1.82, 2.24) is 14.5 Å². The molecule has 0 bridgehead atoms. The number of halogens is 4. The number of piperazine rings is 1. The molecule has 5 rings (SSSR count). The molecule has 1 aliphatic rings. The lowest BCUT2D eigenvalue weighted by Crippen LogP contribution is -2.49. The smallest absolute Gasteiger partial charge is 0.410 e. The third-order valence-corrected chi connectivity index (χ3v) is 8.86. The number of hydrogen-bond donors (Lipinski definition) is 1. The van der Waals surface area contributed by atoms with Gasteiger partial charge in [0.05, 0.1) is 23.3 Å². The van der Waals surface area contributed by atoms with Gasteiger partial charge in [0, 0.05) is 53.7 Å². The van der Waals surface area contributed by atoms with Crippen LogP contribution in [0.15, 0.2) is 65.3 Å². The number of carbonyl (C=O) groups is 1. The fourth-order valence-electron chi connectivity index (χ4n) is 6.01. The molecule has 3 heterocycles. The zero-order chi connectivity index (χ0) is 33.2. The summed E-state index contributed by atoms with van der Waals surface area (Å²) in [5.41, 5.74) is 4.12. The molecule has 246 valence electrons. The molecule has 1 aliphatic heterocycles. The molecule has 0 spiro atoms. The van der Waals surface area contributed by atoms with Crippen molar-refractivity contribution in [1.29, 1.82) is 0 Å². The van der Waals surface area contributed by atoms with Crippen LogP contribution in [0.1, 0.15) is 50.4 Å². The number of anilines is 1. The van der Waals surface area contributed by atoms with E-state index in [0.29, 0.717) is 60.5 Å². The van der Waals surface area contributed by atoms with Gasteiger partial charge in [0.25, 0.3) is 0 Å². The summed E-state index contributed by atoms with van der Waals surface area (Å²) in [6, 6.07) is 16.8. The summed E-state index contributed by atoms with van der Waals surface area (Å²) >= 11 is 3.52. The molecule has 46 heavy (non-hydrogen) atoms. The maximum absolute atomic E-state index is 14.2. The molecule has 0 unspecified atom stereocenters. The molecule has 11 heteroatoms. The molecule has 2 aromatic carbocycles. The van der Waals surface area contributed by atoms with Gasteiger partial charge in [-0.1, -0.05) is 74.0 Å². The van der Waals surface area contributed by atoms with E-state index in [1.807, 2.05) is 70.2 Å². The summed E-state index contributed by atoms with van der Waals surface area (Å²) in [7, 11) is 0. The molecule has 1 amide bonds. The summed E-state index contributed by atoms with van der Waals surface area (Å²) in [5, 5.41) is 10.9. The van der Waals surface area contributed by atoms with Gasteiger partial charge in [-0.25, -0.2) is 4.79 Å². The van der Waals surface area contributed by atoms with Crippen molar-refractivity contribution < 1.29 is 27.8 Å². The monoisotopic (exact) mass is 700 g/mol. The van der Waals surface area contributed by atoms with E-state index in [-0.39, 0.29) is 25.2 Å². The zero-order valence-corrected chi connectivity index (χ0v) is 28.2. The van der Waals surface area contributed by atoms with Crippen LogP contribution in [0.25, 0.3) is 22.2 Å². The van der Waals surface area contributed by atoms with Gasteiger partial charge in [-0.15, -0.1) is 0 Å². The van der Waals surface area contributed by atoms with Gasteiger partial charge in [-0.2, -0.15) is 13.2 Å². The largest absolute Gasteiger partial charge is 0.445 e. The molecule has 1 saturated heterocycles. The first-order valence-electron chi connectivity index (χ1n) is 15.5. The Morgan fingerprint density at radius 1 is 1.04 bits per heavy atom. The van der Waals surface area contributed by atoms with Gasteiger partial charge >= 0.3 is 12.3 Å². The molecule has 2 aromatic heterocycles. The SMILES string of the molecule is CC(C)c1ncc(N2CCN(C(=O)OCc3ccccc3)CC2)cc1-c1c(CC(C)(C)CO)c2cc(Br)ccc2n1CC(F)(F)F. The normalized spacial score (nSPS) is 14.4. The Morgan fingerprint density at radius 2 is 1.74 bits per heavy atom. The number of fused-ring (bicyclic) bond motifs is 1. The summed E-state index contributed by atoms with van der Waals surface area (Å²) in [4.78, 5) is 21.4. The minimum absolute atomic E-state index is 0.0666. The Kier molecular flexibility index (Phi) is 10.0. The predicted octanol–water partition coefficient (Wildman–Crippen LogP) is 8.17. The van der Waals surface area contributed by atoms with Crippen LogP contribution < -0.4 is 4.90 Å². The number of ether oxygens (including phenoxy) is 1.